The quantitative estimate of drug-likeness (QED) is 0.350. The topological polar surface area (TPSA) is 42.7 Å². The van der Waals surface area contributed by atoms with E-state index in [9.17, 15) is 4.79 Å². The molecule has 3 aromatic carbocycles. The molecule has 1 fully saturated rings. The summed E-state index contributed by atoms with van der Waals surface area (Å²) in [5, 5.41) is 3.50. The van der Waals surface area contributed by atoms with Crippen LogP contribution in [0.25, 0.3) is 42.3 Å². The van der Waals surface area contributed by atoms with E-state index in [4.69, 9.17) is 9.15 Å². The molecule has 1 saturated heterocycles. The molecule has 0 amide bonds. The number of thiophene rings is 1. The van der Waals surface area contributed by atoms with Gasteiger partial charge in [0.1, 0.15) is 5.58 Å². The first kappa shape index (κ1) is 17.7. The lowest BCUT2D eigenvalue weighted by Crippen LogP contribution is -2.36. The van der Waals surface area contributed by atoms with Gasteiger partial charge in [0, 0.05) is 44.7 Å². The lowest BCUT2D eigenvalue weighted by atomic mass is 10.0. The summed E-state index contributed by atoms with van der Waals surface area (Å²) in [4.78, 5) is 14.5. The van der Waals surface area contributed by atoms with Crippen LogP contribution in [0.3, 0.4) is 0 Å². The van der Waals surface area contributed by atoms with Crippen molar-refractivity contribution >= 4 is 48.2 Å². The number of anilines is 1. The van der Waals surface area contributed by atoms with Gasteiger partial charge in [-0.05, 0) is 29.3 Å². The van der Waals surface area contributed by atoms with Crippen LogP contribution in [0.2, 0.25) is 0 Å². The molecule has 0 bridgehead atoms. The van der Waals surface area contributed by atoms with Crippen LogP contribution >= 0.6 is 11.3 Å². The van der Waals surface area contributed by atoms with Gasteiger partial charge in [-0.3, -0.25) is 0 Å². The molecule has 2 aromatic heterocycles. The number of hydrogen-bond donors (Lipinski definition) is 0. The van der Waals surface area contributed by atoms with Crippen molar-refractivity contribution in [3.05, 3.63) is 77.2 Å². The molecule has 0 saturated carbocycles. The Balaban J connectivity index is 1.55. The number of ether oxygens (including phenoxy) is 1. The van der Waals surface area contributed by atoms with Crippen molar-refractivity contribution in [2.75, 3.05) is 31.2 Å². The molecule has 0 N–H and O–H groups in total. The molecule has 1 aliphatic heterocycles. The molecule has 0 spiro atoms. The minimum Gasteiger partial charge on any atom is -0.423 e. The highest BCUT2D eigenvalue weighted by molar-refractivity contribution is 7.26. The van der Waals surface area contributed by atoms with Crippen LogP contribution in [-0.2, 0) is 4.74 Å². The Hall–Kier alpha value is -3.15. The monoisotopic (exact) mass is 413 g/mol. The molecule has 4 nitrogen and oxygen atoms in total. The summed E-state index contributed by atoms with van der Waals surface area (Å²) >= 11 is 1.80. The van der Waals surface area contributed by atoms with Crippen molar-refractivity contribution in [1.29, 1.82) is 0 Å². The zero-order valence-electron chi connectivity index (χ0n) is 16.3. The van der Waals surface area contributed by atoms with E-state index < -0.39 is 0 Å². The van der Waals surface area contributed by atoms with E-state index in [2.05, 4.69) is 59.5 Å². The number of hydrogen-bond acceptors (Lipinski definition) is 5. The van der Waals surface area contributed by atoms with Gasteiger partial charge in [-0.25, -0.2) is 4.79 Å². The van der Waals surface area contributed by atoms with Gasteiger partial charge in [0.2, 0.25) is 0 Å². The number of benzene rings is 3. The standard InChI is InChI=1S/C25H19NO3S/c27-24-15-21(26-10-12-28-13-11-26)20-9-8-16(14-22(20)29-24)17-5-3-6-19-18-4-1-2-7-23(18)30-25(17)19/h1-9,14-15H,10-13H2. The highest BCUT2D eigenvalue weighted by Crippen LogP contribution is 2.40. The lowest BCUT2D eigenvalue weighted by Gasteiger charge is -2.29. The van der Waals surface area contributed by atoms with E-state index in [1.807, 2.05) is 6.07 Å². The average molecular weight is 413 g/mol. The van der Waals surface area contributed by atoms with Gasteiger partial charge in [-0.2, -0.15) is 0 Å². The van der Waals surface area contributed by atoms with E-state index in [1.54, 1.807) is 17.4 Å². The Kier molecular flexibility index (Phi) is 4.11. The summed E-state index contributed by atoms with van der Waals surface area (Å²) < 4.78 is 13.6. The Labute approximate surface area is 176 Å². The fourth-order valence-electron chi connectivity index (χ4n) is 4.35. The Morgan fingerprint density at radius 2 is 1.67 bits per heavy atom. The Morgan fingerprint density at radius 3 is 2.57 bits per heavy atom. The summed E-state index contributed by atoms with van der Waals surface area (Å²) in [6, 6.07) is 22.7. The smallest absolute Gasteiger partial charge is 0.338 e. The minimum absolute atomic E-state index is 0.318. The molecule has 0 atom stereocenters. The molecule has 148 valence electrons. The first-order valence-corrected chi connectivity index (χ1v) is 10.9. The van der Waals surface area contributed by atoms with Gasteiger partial charge in [0.15, 0.2) is 0 Å². The van der Waals surface area contributed by atoms with Crippen LogP contribution in [0.4, 0.5) is 5.69 Å². The molecule has 5 aromatic rings. The molecular formula is C25H19NO3S. The van der Waals surface area contributed by atoms with Gasteiger partial charge >= 0.3 is 5.63 Å². The van der Waals surface area contributed by atoms with Crippen LogP contribution in [0.15, 0.2) is 75.9 Å². The predicted molar refractivity (Wildman–Crippen MR) is 124 cm³/mol. The van der Waals surface area contributed by atoms with Gasteiger partial charge in [0.05, 0.1) is 18.9 Å². The highest BCUT2D eigenvalue weighted by atomic mass is 32.1. The van der Waals surface area contributed by atoms with Crippen molar-refractivity contribution < 1.29 is 9.15 Å². The second kappa shape index (κ2) is 6.97. The van der Waals surface area contributed by atoms with Gasteiger partial charge in [-0.1, -0.05) is 42.5 Å². The fourth-order valence-corrected chi connectivity index (χ4v) is 5.59. The molecule has 6 rings (SSSR count). The summed E-state index contributed by atoms with van der Waals surface area (Å²) in [6.45, 7) is 2.91. The third-order valence-electron chi connectivity index (χ3n) is 5.79. The Bertz CT molecular complexity index is 1460. The maximum absolute atomic E-state index is 12.3. The molecule has 1 aliphatic rings. The third kappa shape index (κ3) is 2.82. The van der Waals surface area contributed by atoms with Crippen molar-refractivity contribution in [2.24, 2.45) is 0 Å². The first-order chi connectivity index (χ1) is 14.8. The highest BCUT2D eigenvalue weighted by Gasteiger charge is 2.17. The SMILES string of the molecule is O=c1cc(N2CCOCC2)c2ccc(-c3cccc4c3sc3ccccc34)cc2o1. The molecule has 0 aliphatic carbocycles. The van der Waals surface area contributed by atoms with E-state index in [0.717, 1.165) is 35.3 Å². The van der Waals surface area contributed by atoms with Crippen molar-refractivity contribution in [1.82, 2.24) is 0 Å². The predicted octanol–water partition coefficient (Wildman–Crippen LogP) is 5.66. The summed E-state index contributed by atoms with van der Waals surface area (Å²) in [5.41, 5.74) is 3.45. The molecule has 5 heteroatoms. The largest absolute Gasteiger partial charge is 0.423 e. The maximum atomic E-state index is 12.3. The van der Waals surface area contributed by atoms with E-state index >= 15 is 0 Å². The van der Waals surface area contributed by atoms with Crippen LogP contribution in [0.1, 0.15) is 0 Å². The Morgan fingerprint density at radius 1 is 0.833 bits per heavy atom. The van der Waals surface area contributed by atoms with Crippen molar-refractivity contribution in [2.45, 2.75) is 0 Å². The van der Waals surface area contributed by atoms with Crippen LogP contribution in [0, 0.1) is 0 Å². The van der Waals surface area contributed by atoms with Crippen LogP contribution in [-0.4, -0.2) is 26.3 Å². The van der Waals surface area contributed by atoms with Gasteiger partial charge in [0.25, 0.3) is 0 Å². The molecule has 3 heterocycles. The molecule has 0 radical (unpaired) electrons. The second-order valence-electron chi connectivity index (χ2n) is 7.54. The average Bonchev–Trinajstić information content (AvgIpc) is 3.17. The van der Waals surface area contributed by atoms with Crippen LogP contribution < -0.4 is 10.5 Å². The lowest BCUT2D eigenvalue weighted by molar-refractivity contribution is 0.123. The normalized spacial score (nSPS) is 14.7. The van der Waals surface area contributed by atoms with Crippen LogP contribution in [0.5, 0.6) is 0 Å². The number of fused-ring (bicyclic) bond motifs is 4. The van der Waals surface area contributed by atoms with Gasteiger partial charge in [-0.15, -0.1) is 11.3 Å². The third-order valence-corrected chi connectivity index (χ3v) is 7.01. The second-order valence-corrected chi connectivity index (χ2v) is 8.59. The summed E-state index contributed by atoms with van der Waals surface area (Å²) in [6.07, 6.45) is 0. The summed E-state index contributed by atoms with van der Waals surface area (Å²) in [5.74, 6) is 0. The van der Waals surface area contributed by atoms with Crippen molar-refractivity contribution in [3.8, 4) is 11.1 Å². The fraction of sp³-hybridized carbons (Fsp3) is 0.160. The molecule has 0 unspecified atom stereocenters. The van der Waals surface area contributed by atoms with Gasteiger partial charge < -0.3 is 14.1 Å². The molecule has 30 heavy (non-hydrogen) atoms. The van der Waals surface area contributed by atoms with Crippen molar-refractivity contribution in [3.63, 3.8) is 0 Å². The summed E-state index contributed by atoms with van der Waals surface area (Å²) in [7, 11) is 0. The van der Waals surface area contributed by atoms with E-state index in [-0.39, 0.29) is 5.63 Å². The number of morpholine rings is 1. The first-order valence-electron chi connectivity index (χ1n) is 10.1. The van der Waals surface area contributed by atoms with E-state index in [0.29, 0.717) is 18.8 Å². The number of nitrogens with zero attached hydrogens (tertiary/aromatic N) is 1. The minimum atomic E-state index is -0.318. The zero-order chi connectivity index (χ0) is 20.1. The zero-order valence-corrected chi connectivity index (χ0v) is 17.1. The van der Waals surface area contributed by atoms with E-state index in [1.165, 1.54) is 20.2 Å². The molecular weight excluding hydrogens is 394 g/mol. The maximum Gasteiger partial charge on any atom is 0.338 e. The number of rotatable bonds is 2.